The lowest BCUT2D eigenvalue weighted by Gasteiger charge is -2.25. The molecule has 110 valence electrons. The Morgan fingerprint density at radius 3 is 2.60 bits per heavy atom. The summed E-state index contributed by atoms with van der Waals surface area (Å²) in [6.45, 7) is 5.31. The minimum absolute atomic E-state index is 0.274. The van der Waals surface area contributed by atoms with Crippen LogP contribution in [0.25, 0.3) is 5.52 Å². The minimum atomic E-state index is -0.274. The van der Waals surface area contributed by atoms with Gasteiger partial charge in [0.05, 0.1) is 12.6 Å². The van der Waals surface area contributed by atoms with Crippen LogP contribution < -0.4 is 4.74 Å². The highest BCUT2D eigenvalue weighted by molar-refractivity contribution is 5.60. The molecule has 0 aliphatic carbocycles. The molecule has 0 saturated carbocycles. The molecule has 0 amide bonds. The van der Waals surface area contributed by atoms with E-state index in [1.807, 2.05) is 22.9 Å². The van der Waals surface area contributed by atoms with Crippen molar-refractivity contribution in [3.05, 3.63) is 35.9 Å². The van der Waals surface area contributed by atoms with E-state index in [2.05, 4.69) is 25.8 Å². The molecule has 0 saturated heterocycles. The summed E-state index contributed by atoms with van der Waals surface area (Å²) in [5, 5.41) is 0. The van der Waals surface area contributed by atoms with Crippen molar-refractivity contribution in [3.8, 4) is 5.75 Å². The molecule has 1 atom stereocenters. The summed E-state index contributed by atoms with van der Waals surface area (Å²) in [5.41, 5.74) is 1.67. The van der Waals surface area contributed by atoms with Gasteiger partial charge in [0.1, 0.15) is 0 Å². The van der Waals surface area contributed by atoms with Crippen molar-refractivity contribution in [2.45, 2.75) is 32.7 Å². The van der Waals surface area contributed by atoms with Crippen molar-refractivity contribution in [3.63, 3.8) is 0 Å². The van der Waals surface area contributed by atoms with Gasteiger partial charge in [0.2, 0.25) is 0 Å². The maximum atomic E-state index is 14.4. The lowest BCUT2D eigenvalue weighted by molar-refractivity contribution is 0.246. The monoisotopic (exact) mass is 278 g/mol. The third kappa shape index (κ3) is 2.66. The number of rotatable bonds is 6. The molecule has 20 heavy (non-hydrogen) atoms. The van der Waals surface area contributed by atoms with Gasteiger partial charge < -0.3 is 14.0 Å². The van der Waals surface area contributed by atoms with E-state index in [0.717, 1.165) is 24.9 Å². The summed E-state index contributed by atoms with van der Waals surface area (Å²) in [4.78, 5) is 2.31. The van der Waals surface area contributed by atoms with Gasteiger partial charge in [0.15, 0.2) is 11.6 Å². The number of pyridine rings is 1. The normalized spacial score (nSPS) is 13.1. The summed E-state index contributed by atoms with van der Waals surface area (Å²) in [6, 6.07) is 4.09. The number of aromatic nitrogens is 1. The molecule has 0 fully saturated rings. The van der Waals surface area contributed by atoms with Crippen molar-refractivity contribution < 1.29 is 9.13 Å². The van der Waals surface area contributed by atoms with Crippen LogP contribution in [-0.4, -0.2) is 36.0 Å². The van der Waals surface area contributed by atoms with Gasteiger partial charge in [-0.1, -0.05) is 13.8 Å². The third-order valence-electron chi connectivity index (χ3n) is 4.08. The Morgan fingerprint density at radius 2 is 2.00 bits per heavy atom. The zero-order valence-corrected chi connectivity index (χ0v) is 12.7. The summed E-state index contributed by atoms with van der Waals surface area (Å²) in [7, 11) is 3.61. The Kier molecular flexibility index (Phi) is 4.65. The molecule has 0 aromatic carbocycles. The van der Waals surface area contributed by atoms with Crippen LogP contribution in [0.15, 0.2) is 24.5 Å². The Balaban J connectivity index is 2.39. The number of hydrogen-bond acceptors (Lipinski definition) is 2. The molecule has 4 heteroatoms. The van der Waals surface area contributed by atoms with E-state index in [4.69, 9.17) is 4.74 Å². The summed E-state index contributed by atoms with van der Waals surface area (Å²) < 4.78 is 21.3. The Labute approximate surface area is 120 Å². The van der Waals surface area contributed by atoms with E-state index in [0.29, 0.717) is 17.3 Å². The minimum Gasteiger partial charge on any atom is -0.494 e. The average molecular weight is 278 g/mol. The van der Waals surface area contributed by atoms with Crippen LogP contribution in [0, 0.1) is 5.82 Å². The van der Waals surface area contributed by atoms with Crippen molar-refractivity contribution >= 4 is 5.52 Å². The van der Waals surface area contributed by atoms with Gasteiger partial charge in [-0.15, -0.1) is 0 Å². The third-order valence-corrected chi connectivity index (χ3v) is 4.08. The van der Waals surface area contributed by atoms with Gasteiger partial charge in [-0.25, -0.2) is 4.39 Å². The number of methoxy groups -OCH3 is 1. The van der Waals surface area contributed by atoms with Gasteiger partial charge >= 0.3 is 0 Å². The number of likely N-dealkylation sites (N-methyl/N-ethyl adjacent to an activating group) is 1. The molecular formula is C16H23FN2O. The molecule has 2 heterocycles. The molecule has 0 spiro atoms. The van der Waals surface area contributed by atoms with Crippen molar-refractivity contribution in [1.29, 1.82) is 0 Å². The lowest BCUT2D eigenvalue weighted by Crippen LogP contribution is -2.32. The molecule has 0 bridgehead atoms. The van der Waals surface area contributed by atoms with Crippen molar-refractivity contribution in [2.24, 2.45) is 0 Å². The first-order valence-corrected chi connectivity index (χ1v) is 7.14. The number of fused-ring (bicyclic) bond motifs is 1. The summed E-state index contributed by atoms with van der Waals surface area (Å²) in [6.07, 6.45) is 5.64. The second-order valence-corrected chi connectivity index (χ2v) is 5.13. The largest absolute Gasteiger partial charge is 0.494 e. The maximum Gasteiger partial charge on any atom is 0.189 e. The van der Waals surface area contributed by atoms with Gasteiger partial charge in [0, 0.05) is 18.4 Å². The van der Waals surface area contributed by atoms with Crippen LogP contribution in [0.3, 0.4) is 0 Å². The highest BCUT2D eigenvalue weighted by Gasteiger charge is 2.17. The molecule has 2 aromatic heterocycles. The molecule has 1 unspecified atom stereocenters. The molecule has 0 aliphatic rings. The second-order valence-electron chi connectivity index (χ2n) is 5.13. The van der Waals surface area contributed by atoms with Crippen LogP contribution in [0.2, 0.25) is 0 Å². The van der Waals surface area contributed by atoms with Crippen LogP contribution >= 0.6 is 0 Å². The van der Waals surface area contributed by atoms with E-state index < -0.39 is 0 Å². The predicted octanol–water partition coefficient (Wildman–Crippen LogP) is 3.36. The molecule has 3 nitrogen and oxygen atoms in total. The maximum absolute atomic E-state index is 14.4. The van der Waals surface area contributed by atoms with E-state index >= 15 is 0 Å². The molecular weight excluding hydrogens is 255 g/mol. The number of hydrogen-bond donors (Lipinski definition) is 0. The standard InChI is InChI=1S/C16H23FN2O/c1-5-13(18(3)6-2)11-12-7-9-19-10-8-14(20-4)15(17)16(12)19/h7-10,13H,5-6,11H2,1-4H3. The first-order valence-electron chi connectivity index (χ1n) is 7.14. The van der Waals surface area contributed by atoms with E-state index in [9.17, 15) is 4.39 Å². The van der Waals surface area contributed by atoms with Crippen molar-refractivity contribution in [1.82, 2.24) is 9.30 Å². The fourth-order valence-corrected chi connectivity index (χ4v) is 2.65. The fraction of sp³-hybridized carbons (Fsp3) is 0.500. The summed E-state index contributed by atoms with van der Waals surface area (Å²) >= 11 is 0. The lowest BCUT2D eigenvalue weighted by atomic mass is 10.0. The van der Waals surface area contributed by atoms with E-state index in [1.54, 1.807) is 6.07 Å². The second kappa shape index (κ2) is 6.27. The van der Waals surface area contributed by atoms with E-state index in [1.165, 1.54) is 7.11 Å². The first-order chi connectivity index (χ1) is 9.62. The predicted molar refractivity (Wildman–Crippen MR) is 80.0 cm³/mol. The highest BCUT2D eigenvalue weighted by atomic mass is 19.1. The smallest absolute Gasteiger partial charge is 0.189 e. The molecule has 0 aliphatic heterocycles. The number of halogens is 1. The first kappa shape index (κ1) is 14.9. The van der Waals surface area contributed by atoms with Crippen LogP contribution in [-0.2, 0) is 6.42 Å². The Hall–Kier alpha value is -1.55. The van der Waals surface area contributed by atoms with Gasteiger partial charge in [0.25, 0.3) is 0 Å². The zero-order chi connectivity index (χ0) is 14.7. The summed E-state index contributed by atoms with van der Waals surface area (Å²) in [5.74, 6) is 0.0262. The molecule has 0 N–H and O–H groups in total. The van der Waals surface area contributed by atoms with E-state index in [-0.39, 0.29) is 5.82 Å². The van der Waals surface area contributed by atoms with Gasteiger partial charge in [-0.3, -0.25) is 0 Å². The van der Waals surface area contributed by atoms with Crippen LogP contribution in [0.4, 0.5) is 4.39 Å². The van der Waals surface area contributed by atoms with Crippen molar-refractivity contribution in [2.75, 3.05) is 20.7 Å². The zero-order valence-electron chi connectivity index (χ0n) is 12.7. The molecule has 2 rings (SSSR count). The molecule has 2 aromatic rings. The Morgan fingerprint density at radius 1 is 1.30 bits per heavy atom. The number of nitrogens with zero attached hydrogens (tertiary/aromatic N) is 2. The average Bonchev–Trinajstić information content (AvgIpc) is 2.88. The quantitative estimate of drug-likeness (QED) is 0.806. The van der Waals surface area contributed by atoms with Crippen LogP contribution in [0.1, 0.15) is 25.8 Å². The SMILES string of the molecule is CCC(Cc1ccn2ccc(OC)c(F)c12)N(C)CC. The topological polar surface area (TPSA) is 16.9 Å². The van der Waals surface area contributed by atoms with Gasteiger partial charge in [-0.05, 0) is 44.1 Å². The number of ether oxygens (including phenoxy) is 1. The Bertz CT molecular complexity index is 579. The van der Waals surface area contributed by atoms with Gasteiger partial charge in [-0.2, -0.15) is 0 Å². The van der Waals surface area contributed by atoms with Crippen LogP contribution in [0.5, 0.6) is 5.75 Å². The highest BCUT2D eigenvalue weighted by Crippen LogP contribution is 2.26. The fourth-order valence-electron chi connectivity index (χ4n) is 2.65. The molecule has 0 radical (unpaired) electrons.